The van der Waals surface area contributed by atoms with Crippen LogP contribution in [0.4, 0.5) is 11.4 Å². The van der Waals surface area contributed by atoms with Crippen LogP contribution in [0.25, 0.3) is 0 Å². The molecule has 2 aromatic rings. The van der Waals surface area contributed by atoms with Crippen LogP contribution in [0, 0.1) is 0 Å². The first kappa shape index (κ1) is 21.6. The van der Waals surface area contributed by atoms with Crippen molar-refractivity contribution in [3.63, 3.8) is 0 Å². The zero-order chi connectivity index (χ0) is 20.9. The summed E-state index contributed by atoms with van der Waals surface area (Å²) in [4.78, 5) is 14.4. The second-order valence-corrected chi connectivity index (χ2v) is 9.54. The summed E-state index contributed by atoms with van der Waals surface area (Å²) < 4.78 is 27.6. The smallest absolute Gasteiger partial charge is 0.243 e. The summed E-state index contributed by atoms with van der Waals surface area (Å²) in [6.07, 6.45) is 3.82. The molecule has 1 N–H and O–H groups in total. The lowest BCUT2D eigenvalue weighted by Crippen LogP contribution is -2.32. The highest BCUT2D eigenvalue weighted by Gasteiger charge is 2.26. The molecular formula is C21H26ClN3O3S. The third-order valence-corrected chi connectivity index (χ3v) is 7.22. The van der Waals surface area contributed by atoms with E-state index in [1.807, 2.05) is 37.4 Å². The van der Waals surface area contributed by atoms with Gasteiger partial charge in [0, 0.05) is 25.8 Å². The predicted octanol–water partition coefficient (Wildman–Crippen LogP) is 3.98. The van der Waals surface area contributed by atoms with Gasteiger partial charge in [-0.25, -0.2) is 8.42 Å². The summed E-state index contributed by atoms with van der Waals surface area (Å²) in [5.41, 5.74) is 1.21. The quantitative estimate of drug-likeness (QED) is 0.745. The van der Waals surface area contributed by atoms with E-state index in [4.69, 9.17) is 11.6 Å². The van der Waals surface area contributed by atoms with E-state index in [0.29, 0.717) is 23.8 Å². The molecule has 8 heteroatoms. The van der Waals surface area contributed by atoms with Gasteiger partial charge in [-0.15, -0.1) is 0 Å². The van der Waals surface area contributed by atoms with E-state index in [-0.39, 0.29) is 17.3 Å². The minimum Gasteiger partial charge on any atom is -0.365 e. The fraction of sp³-hybridized carbons (Fsp3) is 0.381. The molecule has 29 heavy (non-hydrogen) atoms. The number of amides is 1. The van der Waals surface area contributed by atoms with E-state index in [1.165, 1.54) is 22.5 Å². The van der Waals surface area contributed by atoms with E-state index < -0.39 is 10.0 Å². The zero-order valence-electron chi connectivity index (χ0n) is 16.5. The number of nitrogens with one attached hydrogen (secondary N) is 1. The lowest BCUT2D eigenvalue weighted by molar-refractivity contribution is -0.114. The Morgan fingerprint density at radius 3 is 2.38 bits per heavy atom. The minimum absolute atomic E-state index is 0.115. The summed E-state index contributed by atoms with van der Waals surface area (Å²) >= 11 is 6.22. The molecule has 0 unspecified atom stereocenters. The maximum absolute atomic E-state index is 13.0. The van der Waals surface area contributed by atoms with Gasteiger partial charge < -0.3 is 10.2 Å². The fourth-order valence-corrected chi connectivity index (χ4v) is 5.08. The van der Waals surface area contributed by atoms with E-state index in [9.17, 15) is 13.2 Å². The molecule has 6 nitrogen and oxygen atoms in total. The van der Waals surface area contributed by atoms with Crippen LogP contribution in [0.5, 0.6) is 0 Å². The van der Waals surface area contributed by atoms with Crippen LogP contribution in [-0.2, 0) is 14.8 Å². The number of nitrogens with zero attached hydrogens (tertiary/aromatic N) is 2. The Balaban J connectivity index is 1.74. The van der Waals surface area contributed by atoms with Gasteiger partial charge in [0.15, 0.2) is 0 Å². The van der Waals surface area contributed by atoms with Crippen LogP contribution in [0.2, 0.25) is 5.02 Å². The molecule has 2 aromatic carbocycles. The van der Waals surface area contributed by atoms with Crippen LogP contribution in [0.3, 0.4) is 0 Å². The number of para-hydroxylation sites is 1. The fourth-order valence-electron chi connectivity index (χ4n) is 3.37. The number of benzene rings is 2. The molecule has 1 heterocycles. The summed E-state index contributed by atoms with van der Waals surface area (Å²) in [5.74, 6) is -0.275. The Labute approximate surface area is 177 Å². The maximum Gasteiger partial charge on any atom is 0.243 e. The van der Waals surface area contributed by atoms with Crippen molar-refractivity contribution in [1.29, 1.82) is 0 Å². The van der Waals surface area contributed by atoms with Gasteiger partial charge in [0.2, 0.25) is 15.9 Å². The molecule has 0 aromatic heterocycles. The van der Waals surface area contributed by atoms with Gasteiger partial charge in [0.05, 0.1) is 22.2 Å². The van der Waals surface area contributed by atoms with Crippen molar-refractivity contribution in [2.75, 3.05) is 36.9 Å². The summed E-state index contributed by atoms with van der Waals surface area (Å²) in [5, 5.41) is 3.04. The van der Waals surface area contributed by atoms with E-state index >= 15 is 0 Å². The number of anilines is 2. The Kier molecular flexibility index (Phi) is 7.16. The lowest BCUT2D eigenvalue weighted by Gasteiger charge is -2.21. The Morgan fingerprint density at radius 2 is 1.72 bits per heavy atom. The number of rotatable bonds is 6. The van der Waals surface area contributed by atoms with Gasteiger partial charge in [0.25, 0.3) is 0 Å². The Morgan fingerprint density at radius 1 is 1.07 bits per heavy atom. The molecule has 0 spiro atoms. The molecule has 1 fully saturated rings. The molecule has 1 saturated heterocycles. The average molecular weight is 436 g/mol. The van der Waals surface area contributed by atoms with Gasteiger partial charge in [-0.3, -0.25) is 4.79 Å². The number of sulfonamides is 1. The summed E-state index contributed by atoms with van der Waals surface area (Å²) in [6.45, 7) is 1.16. The highest BCUT2D eigenvalue weighted by atomic mass is 35.5. The molecule has 0 radical (unpaired) electrons. The average Bonchev–Trinajstić information content (AvgIpc) is 3.00. The van der Waals surface area contributed by atoms with Crippen LogP contribution >= 0.6 is 11.6 Å². The molecule has 0 bridgehead atoms. The number of carbonyl (C=O) groups excluding carboxylic acids is 1. The first-order chi connectivity index (χ1) is 13.9. The molecule has 156 valence electrons. The summed E-state index contributed by atoms with van der Waals surface area (Å²) in [7, 11) is -1.80. The van der Waals surface area contributed by atoms with E-state index in [0.717, 1.165) is 31.4 Å². The first-order valence-electron chi connectivity index (χ1n) is 9.73. The van der Waals surface area contributed by atoms with Crippen molar-refractivity contribution >= 4 is 38.9 Å². The standard InChI is InChI=1S/C21H26ClN3O3S/c1-24(17-9-5-4-6-10-17)16-21(26)23-20-15-18(11-12-19(20)22)29(27,28)25-13-7-2-3-8-14-25/h4-6,9-12,15H,2-3,7-8,13-14,16H2,1H3,(H,23,26). The molecule has 0 aliphatic carbocycles. The molecular weight excluding hydrogens is 410 g/mol. The van der Waals surface area contributed by atoms with Crippen molar-refractivity contribution in [2.45, 2.75) is 30.6 Å². The number of hydrogen-bond acceptors (Lipinski definition) is 4. The Bertz CT molecular complexity index is 943. The normalized spacial score (nSPS) is 15.5. The number of halogens is 1. The summed E-state index contributed by atoms with van der Waals surface area (Å²) in [6, 6.07) is 14.0. The van der Waals surface area contributed by atoms with Crippen LogP contribution in [0.15, 0.2) is 53.4 Å². The largest absolute Gasteiger partial charge is 0.365 e. The highest BCUT2D eigenvalue weighted by molar-refractivity contribution is 7.89. The molecule has 1 aliphatic rings. The number of likely N-dealkylation sites (N-methyl/N-ethyl adjacent to an activating group) is 1. The van der Waals surface area contributed by atoms with E-state index in [1.54, 1.807) is 4.90 Å². The second kappa shape index (κ2) is 9.61. The molecule has 0 saturated carbocycles. The monoisotopic (exact) mass is 435 g/mol. The van der Waals surface area contributed by atoms with Gasteiger partial charge in [-0.05, 0) is 43.2 Å². The van der Waals surface area contributed by atoms with Gasteiger partial charge >= 0.3 is 0 Å². The SMILES string of the molecule is CN(CC(=O)Nc1cc(S(=O)(=O)N2CCCCCC2)ccc1Cl)c1ccccc1. The van der Waals surface area contributed by atoms with Gasteiger partial charge in [-0.2, -0.15) is 4.31 Å². The minimum atomic E-state index is -3.61. The van der Waals surface area contributed by atoms with Crippen LogP contribution in [-0.4, -0.2) is 45.3 Å². The van der Waals surface area contributed by atoms with E-state index in [2.05, 4.69) is 5.32 Å². The third-order valence-electron chi connectivity index (χ3n) is 4.99. The van der Waals surface area contributed by atoms with Crippen LogP contribution < -0.4 is 10.2 Å². The number of carbonyl (C=O) groups is 1. The lowest BCUT2D eigenvalue weighted by atomic mass is 10.2. The third kappa shape index (κ3) is 5.50. The van der Waals surface area contributed by atoms with Gasteiger partial charge in [-0.1, -0.05) is 42.6 Å². The first-order valence-corrected chi connectivity index (χ1v) is 11.6. The van der Waals surface area contributed by atoms with Gasteiger partial charge in [0.1, 0.15) is 0 Å². The predicted molar refractivity (Wildman–Crippen MR) is 117 cm³/mol. The highest BCUT2D eigenvalue weighted by Crippen LogP contribution is 2.28. The van der Waals surface area contributed by atoms with Crippen molar-refractivity contribution in [1.82, 2.24) is 4.31 Å². The molecule has 1 amide bonds. The van der Waals surface area contributed by atoms with Crippen molar-refractivity contribution in [3.8, 4) is 0 Å². The molecule has 1 aliphatic heterocycles. The topological polar surface area (TPSA) is 69.7 Å². The Hall–Kier alpha value is -2.09. The van der Waals surface area contributed by atoms with Crippen LogP contribution in [0.1, 0.15) is 25.7 Å². The number of hydrogen-bond donors (Lipinski definition) is 1. The van der Waals surface area contributed by atoms with Crippen molar-refractivity contribution < 1.29 is 13.2 Å². The zero-order valence-corrected chi connectivity index (χ0v) is 18.0. The molecule has 0 atom stereocenters. The molecule has 3 rings (SSSR count). The van der Waals surface area contributed by atoms with Crippen molar-refractivity contribution in [3.05, 3.63) is 53.6 Å². The van der Waals surface area contributed by atoms with Crippen molar-refractivity contribution in [2.24, 2.45) is 0 Å². The second-order valence-electron chi connectivity index (χ2n) is 7.20. The maximum atomic E-state index is 13.0.